The summed E-state index contributed by atoms with van der Waals surface area (Å²) < 4.78 is 10.9. The van der Waals surface area contributed by atoms with E-state index < -0.39 is 0 Å². The molecule has 5 nitrogen and oxygen atoms in total. The van der Waals surface area contributed by atoms with Crippen molar-refractivity contribution in [2.45, 2.75) is 44.1 Å². The minimum Gasteiger partial charge on any atom is -0.493 e. The van der Waals surface area contributed by atoms with Crippen LogP contribution in [0.1, 0.15) is 38.5 Å². The van der Waals surface area contributed by atoms with Gasteiger partial charge in [-0.2, -0.15) is 5.26 Å². The van der Waals surface area contributed by atoms with Gasteiger partial charge in [0.25, 0.3) is 0 Å². The summed E-state index contributed by atoms with van der Waals surface area (Å²) in [5, 5.41) is 12.8. The first kappa shape index (κ1) is 15.8. The van der Waals surface area contributed by atoms with E-state index in [0.29, 0.717) is 6.42 Å². The first-order valence-corrected chi connectivity index (χ1v) is 8.37. The SMILES string of the molecule is COc1cc2c(cc1OC)N(CCC#N)CC1(CCCCC1)N2. The third kappa shape index (κ3) is 3.03. The Balaban J connectivity index is 1.99. The largest absolute Gasteiger partial charge is 0.493 e. The van der Waals surface area contributed by atoms with E-state index in [4.69, 9.17) is 14.7 Å². The van der Waals surface area contributed by atoms with Crippen LogP contribution in [0.15, 0.2) is 12.1 Å². The van der Waals surface area contributed by atoms with E-state index in [9.17, 15) is 0 Å². The number of ether oxygens (including phenoxy) is 2. The van der Waals surface area contributed by atoms with E-state index in [1.54, 1.807) is 14.2 Å². The molecule has 3 rings (SSSR count). The molecule has 1 heterocycles. The number of anilines is 2. The fraction of sp³-hybridized carbons (Fsp3) is 0.611. The van der Waals surface area contributed by atoms with Gasteiger partial charge in [-0.1, -0.05) is 19.3 Å². The van der Waals surface area contributed by atoms with Crippen molar-refractivity contribution in [2.24, 2.45) is 0 Å². The lowest BCUT2D eigenvalue weighted by Gasteiger charge is -2.48. The van der Waals surface area contributed by atoms with E-state index in [0.717, 1.165) is 36.0 Å². The molecule has 2 aliphatic rings. The minimum atomic E-state index is 0.125. The standard InChI is InChI=1S/C18H25N3O2/c1-22-16-11-14-15(12-17(16)23-2)21(10-6-9-19)13-18(20-14)7-4-3-5-8-18/h11-12,20H,3-8,10,13H2,1-2H3. The van der Waals surface area contributed by atoms with Gasteiger partial charge >= 0.3 is 0 Å². The molecule has 1 aliphatic heterocycles. The van der Waals surface area contributed by atoms with Crippen molar-refractivity contribution in [1.82, 2.24) is 0 Å². The molecule has 0 amide bonds. The van der Waals surface area contributed by atoms with Gasteiger partial charge in [-0.05, 0) is 12.8 Å². The molecule has 0 radical (unpaired) electrons. The van der Waals surface area contributed by atoms with Crippen LogP contribution < -0.4 is 19.7 Å². The van der Waals surface area contributed by atoms with Crippen LogP contribution in [0.4, 0.5) is 11.4 Å². The molecule has 1 aromatic rings. The second kappa shape index (κ2) is 6.57. The molecule has 5 heteroatoms. The van der Waals surface area contributed by atoms with Crippen LogP contribution in [0.5, 0.6) is 11.5 Å². The van der Waals surface area contributed by atoms with Gasteiger partial charge in [0.15, 0.2) is 11.5 Å². The van der Waals surface area contributed by atoms with Crippen LogP contribution in [-0.4, -0.2) is 32.8 Å². The van der Waals surface area contributed by atoms with Gasteiger partial charge in [-0.15, -0.1) is 0 Å². The zero-order chi connectivity index (χ0) is 16.3. The minimum absolute atomic E-state index is 0.125. The van der Waals surface area contributed by atoms with Crippen molar-refractivity contribution < 1.29 is 9.47 Å². The number of nitriles is 1. The summed E-state index contributed by atoms with van der Waals surface area (Å²) >= 11 is 0. The molecule has 0 unspecified atom stereocenters. The van der Waals surface area contributed by atoms with E-state index in [1.807, 2.05) is 12.1 Å². The van der Waals surface area contributed by atoms with Crippen molar-refractivity contribution in [1.29, 1.82) is 5.26 Å². The summed E-state index contributed by atoms with van der Waals surface area (Å²) in [6.45, 7) is 1.71. The fourth-order valence-electron chi connectivity index (χ4n) is 3.90. The predicted octanol–water partition coefficient (Wildman–Crippen LogP) is 3.55. The van der Waals surface area contributed by atoms with Crippen LogP contribution in [-0.2, 0) is 0 Å². The Morgan fingerprint density at radius 2 is 1.87 bits per heavy atom. The number of nitrogens with zero attached hydrogens (tertiary/aromatic N) is 2. The molecular weight excluding hydrogens is 290 g/mol. The Morgan fingerprint density at radius 3 is 2.52 bits per heavy atom. The molecule has 0 bridgehead atoms. The molecule has 1 N–H and O–H groups in total. The second-order valence-electron chi connectivity index (χ2n) is 6.52. The maximum atomic E-state index is 8.99. The molecule has 0 saturated heterocycles. The highest BCUT2D eigenvalue weighted by atomic mass is 16.5. The predicted molar refractivity (Wildman–Crippen MR) is 91.4 cm³/mol. The first-order valence-electron chi connectivity index (χ1n) is 8.37. The van der Waals surface area contributed by atoms with Crippen LogP contribution in [0.2, 0.25) is 0 Å². The Morgan fingerprint density at radius 1 is 1.17 bits per heavy atom. The van der Waals surface area contributed by atoms with Crippen LogP contribution in [0, 0.1) is 11.3 Å². The van der Waals surface area contributed by atoms with Crippen LogP contribution >= 0.6 is 0 Å². The van der Waals surface area contributed by atoms with Gasteiger partial charge < -0.3 is 19.7 Å². The molecule has 1 aromatic carbocycles. The lowest BCUT2D eigenvalue weighted by Crippen LogP contribution is -2.53. The van der Waals surface area contributed by atoms with Gasteiger partial charge in [0.05, 0.1) is 43.6 Å². The average molecular weight is 315 g/mol. The molecular formula is C18H25N3O2. The highest BCUT2D eigenvalue weighted by Crippen LogP contribution is 2.45. The number of methoxy groups -OCH3 is 2. The summed E-state index contributed by atoms with van der Waals surface area (Å²) in [5.74, 6) is 1.47. The van der Waals surface area contributed by atoms with Crippen molar-refractivity contribution in [2.75, 3.05) is 37.5 Å². The lowest BCUT2D eigenvalue weighted by molar-refractivity contribution is 0.317. The van der Waals surface area contributed by atoms with E-state index in [-0.39, 0.29) is 5.54 Å². The molecule has 1 saturated carbocycles. The maximum absolute atomic E-state index is 8.99. The van der Waals surface area contributed by atoms with Crippen LogP contribution in [0.3, 0.4) is 0 Å². The molecule has 1 aliphatic carbocycles. The van der Waals surface area contributed by atoms with Gasteiger partial charge in [-0.3, -0.25) is 0 Å². The Labute approximate surface area is 138 Å². The number of hydrogen-bond acceptors (Lipinski definition) is 5. The average Bonchev–Trinajstić information content (AvgIpc) is 2.59. The van der Waals surface area contributed by atoms with Crippen molar-refractivity contribution >= 4 is 11.4 Å². The molecule has 0 atom stereocenters. The van der Waals surface area contributed by atoms with Gasteiger partial charge in [-0.25, -0.2) is 0 Å². The fourth-order valence-corrected chi connectivity index (χ4v) is 3.90. The van der Waals surface area contributed by atoms with Crippen molar-refractivity contribution in [3.8, 4) is 17.6 Å². The number of nitrogens with one attached hydrogen (secondary N) is 1. The summed E-state index contributed by atoms with van der Waals surface area (Å²) in [6.07, 6.45) is 6.75. The summed E-state index contributed by atoms with van der Waals surface area (Å²) in [7, 11) is 3.32. The molecule has 1 spiro atoms. The molecule has 0 aromatic heterocycles. The normalized spacial score (nSPS) is 18.7. The summed E-state index contributed by atoms with van der Waals surface area (Å²) in [6, 6.07) is 6.32. The highest BCUT2D eigenvalue weighted by Gasteiger charge is 2.38. The Hall–Kier alpha value is -2.09. The van der Waals surface area contributed by atoms with Crippen molar-refractivity contribution in [3.63, 3.8) is 0 Å². The number of hydrogen-bond donors (Lipinski definition) is 1. The number of benzene rings is 1. The summed E-state index contributed by atoms with van der Waals surface area (Å²) in [5.41, 5.74) is 2.32. The van der Waals surface area contributed by atoms with Crippen molar-refractivity contribution in [3.05, 3.63) is 12.1 Å². The maximum Gasteiger partial charge on any atom is 0.162 e. The van der Waals surface area contributed by atoms with E-state index in [2.05, 4.69) is 16.3 Å². The van der Waals surface area contributed by atoms with E-state index in [1.165, 1.54) is 32.1 Å². The Kier molecular flexibility index (Phi) is 4.51. The van der Waals surface area contributed by atoms with E-state index >= 15 is 0 Å². The quantitative estimate of drug-likeness (QED) is 0.921. The third-order valence-electron chi connectivity index (χ3n) is 5.04. The smallest absolute Gasteiger partial charge is 0.162 e. The molecule has 23 heavy (non-hydrogen) atoms. The lowest BCUT2D eigenvalue weighted by atomic mass is 9.79. The topological polar surface area (TPSA) is 57.5 Å². The monoisotopic (exact) mass is 315 g/mol. The van der Waals surface area contributed by atoms with Gasteiger partial charge in [0.1, 0.15) is 0 Å². The highest BCUT2D eigenvalue weighted by molar-refractivity contribution is 5.78. The molecule has 124 valence electrons. The van der Waals surface area contributed by atoms with Gasteiger partial charge in [0.2, 0.25) is 0 Å². The number of fused-ring (bicyclic) bond motifs is 1. The Bertz CT molecular complexity index is 603. The second-order valence-corrected chi connectivity index (χ2v) is 6.52. The zero-order valence-electron chi connectivity index (χ0n) is 14.0. The first-order chi connectivity index (χ1) is 11.2. The third-order valence-corrected chi connectivity index (χ3v) is 5.04. The van der Waals surface area contributed by atoms with Crippen LogP contribution in [0.25, 0.3) is 0 Å². The van der Waals surface area contributed by atoms with Gasteiger partial charge in [0, 0.05) is 25.2 Å². The molecule has 1 fully saturated rings. The summed E-state index contributed by atoms with van der Waals surface area (Å²) in [4.78, 5) is 2.34. The zero-order valence-corrected chi connectivity index (χ0v) is 14.0. The number of rotatable bonds is 4.